The summed E-state index contributed by atoms with van der Waals surface area (Å²) in [5.41, 5.74) is 5.49. The number of carbonyl (C=O) groups is 1. The Kier molecular flexibility index (Phi) is 5.98. The minimum atomic E-state index is -0.435. The molecule has 2 N–H and O–H groups in total. The lowest BCUT2D eigenvalue weighted by molar-refractivity contribution is -0.384. The maximum atomic E-state index is 12.3. The summed E-state index contributed by atoms with van der Waals surface area (Å²) in [6, 6.07) is 14.1. The third-order valence-corrected chi connectivity index (χ3v) is 5.47. The fourth-order valence-corrected chi connectivity index (χ4v) is 3.78. The summed E-state index contributed by atoms with van der Waals surface area (Å²) in [6.07, 6.45) is 0.936. The van der Waals surface area contributed by atoms with Gasteiger partial charge in [-0.1, -0.05) is 12.1 Å². The van der Waals surface area contributed by atoms with E-state index in [1.54, 1.807) is 12.1 Å². The van der Waals surface area contributed by atoms with Gasteiger partial charge in [0.05, 0.1) is 10.4 Å². The van der Waals surface area contributed by atoms with Crippen molar-refractivity contribution in [2.45, 2.75) is 26.7 Å². The average Bonchev–Trinajstić information content (AvgIpc) is 3.16. The van der Waals surface area contributed by atoms with Crippen molar-refractivity contribution in [3.63, 3.8) is 0 Å². The van der Waals surface area contributed by atoms with E-state index in [-0.39, 0.29) is 11.6 Å². The number of nitrogens with zero attached hydrogens (tertiary/aromatic N) is 4. The summed E-state index contributed by atoms with van der Waals surface area (Å²) in [5.74, 6) is -0.0416. The number of fused-ring (bicyclic) bond motifs is 3. The number of nitro groups is 1. The minimum Gasteiger partial charge on any atom is -0.383 e. The van der Waals surface area contributed by atoms with Crippen LogP contribution in [-0.4, -0.2) is 38.5 Å². The van der Waals surface area contributed by atoms with E-state index in [1.807, 2.05) is 42.6 Å². The Labute approximate surface area is 184 Å². The van der Waals surface area contributed by atoms with Gasteiger partial charge in [-0.3, -0.25) is 14.9 Å². The maximum absolute atomic E-state index is 12.3. The van der Waals surface area contributed by atoms with E-state index in [4.69, 9.17) is 4.98 Å². The van der Waals surface area contributed by atoms with Crippen LogP contribution in [0.15, 0.2) is 48.5 Å². The van der Waals surface area contributed by atoms with E-state index in [2.05, 4.69) is 15.7 Å². The van der Waals surface area contributed by atoms with Crippen molar-refractivity contribution in [2.75, 3.05) is 18.4 Å². The number of aromatic nitrogens is 3. The van der Waals surface area contributed by atoms with Gasteiger partial charge in [0, 0.05) is 54.1 Å². The second kappa shape index (κ2) is 9.01. The standard InChI is InChI=1S/C23H24N6O3/c1-15-19(16(2)28-23(26-15)20-5-3-4-6-21(20)27-28)11-12-22(30)25-14-13-24-17-7-9-18(10-8-17)29(31)32/h3-10,24H,11-14H2,1-2H3,(H,25,30). The van der Waals surface area contributed by atoms with E-state index in [9.17, 15) is 14.9 Å². The second-order valence-corrected chi connectivity index (χ2v) is 7.59. The number of nitrogens with one attached hydrogen (secondary N) is 2. The highest BCUT2D eigenvalue weighted by atomic mass is 16.6. The van der Waals surface area contributed by atoms with Crippen LogP contribution in [0.1, 0.15) is 23.4 Å². The molecule has 0 fully saturated rings. The van der Waals surface area contributed by atoms with Gasteiger partial charge in [-0.05, 0) is 50.1 Å². The Morgan fingerprint density at radius 3 is 2.59 bits per heavy atom. The van der Waals surface area contributed by atoms with Crippen LogP contribution in [0.5, 0.6) is 0 Å². The third-order valence-electron chi connectivity index (χ3n) is 5.47. The Hall–Kier alpha value is -4.01. The fraction of sp³-hybridized carbons (Fsp3) is 0.261. The van der Waals surface area contributed by atoms with Crippen LogP contribution in [0, 0.1) is 24.0 Å². The quantitative estimate of drug-likeness (QED) is 0.250. The largest absolute Gasteiger partial charge is 0.383 e. The molecule has 32 heavy (non-hydrogen) atoms. The third kappa shape index (κ3) is 4.36. The molecule has 0 aliphatic carbocycles. The van der Waals surface area contributed by atoms with E-state index in [1.165, 1.54) is 12.1 Å². The van der Waals surface area contributed by atoms with Crippen molar-refractivity contribution in [3.05, 3.63) is 75.6 Å². The molecule has 2 heterocycles. The average molecular weight is 432 g/mol. The van der Waals surface area contributed by atoms with Gasteiger partial charge in [0.15, 0.2) is 5.65 Å². The predicted octanol–water partition coefficient (Wildman–Crippen LogP) is 3.57. The monoisotopic (exact) mass is 432 g/mol. The highest BCUT2D eigenvalue weighted by Crippen LogP contribution is 2.23. The van der Waals surface area contributed by atoms with Crippen LogP contribution < -0.4 is 10.6 Å². The molecule has 2 aromatic carbocycles. The molecule has 4 rings (SSSR count). The molecular weight excluding hydrogens is 408 g/mol. The Bertz CT molecular complexity index is 1300. The van der Waals surface area contributed by atoms with Gasteiger partial charge in [0.2, 0.25) is 5.91 Å². The van der Waals surface area contributed by atoms with Gasteiger partial charge >= 0.3 is 0 Å². The molecule has 0 radical (unpaired) electrons. The van der Waals surface area contributed by atoms with E-state index >= 15 is 0 Å². The van der Waals surface area contributed by atoms with Crippen molar-refractivity contribution < 1.29 is 9.72 Å². The lowest BCUT2D eigenvalue weighted by Gasteiger charge is -2.12. The van der Waals surface area contributed by atoms with Crippen LogP contribution in [0.2, 0.25) is 0 Å². The molecule has 9 nitrogen and oxygen atoms in total. The highest BCUT2D eigenvalue weighted by Gasteiger charge is 2.14. The molecule has 164 valence electrons. The summed E-state index contributed by atoms with van der Waals surface area (Å²) in [4.78, 5) is 27.3. The predicted molar refractivity (Wildman–Crippen MR) is 123 cm³/mol. The number of anilines is 1. The number of hydrogen-bond acceptors (Lipinski definition) is 6. The Morgan fingerprint density at radius 1 is 1.09 bits per heavy atom. The molecule has 4 aromatic rings. The summed E-state index contributed by atoms with van der Waals surface area (Å²) in [7, 11) is 0. The topological polar surface area (TPSA) is 114 Å². The van der Waals surface area contributed by atoms with E-state index < -0.39 is 4.92 Å². The lowest BCUT2D eigenvalue weighted by atomic mass is 10.1. The van der Waals surface area contributed by atoms with Crippen LogP contribution in [0.4, 0.5) is 11.4 Å². The molecule has 9 heteroatoms. The summed E-state index contributed by atoms with van der Waals surface area (Å²) < 4.78 is 1.86. The van der Waals surface area contributed by atoms with Crippen LogP contribution in [0.25, 0.3) is 16.6 Å². The Balaban J connectivity index is 1.31. The molecule has 0 atom stereocenters. The first-order chi connectivity index (χ1) is 15.4. The molecular formula is C23H24N6O3. The molecule has 0 aliphatic rings. The van der Waals surface area contributed by atoms with Gasteiger partial charge in [-0.15, -0.1) is 0 Å². The second-order valence-electron chi connectivity index (χ2n) is 7.59. The van der Waals surface area contributed by atoms with Gasteiger partial charge in [-0.2, -0.15) is 5.10 Å². The van der Waals surface area contributed by atoms with Crippen molar-refractivity contribution in [1.82, 2.24) is 19.9 Å². The first-order valence-electron chi connectivity index (χ1n) is 10.4. The van der Waals surface area contributed by atoms with Crippen molar-refractivity contribution in [3.8, 4) is 0 Å². The number of benzene rings is 2. The van der Waals surface area contributed by atoms with Crippen LogP contribution in [-0.2, 0) is 11.2 Å². The number of aryl methyl sites for hydroxylation is 2. The van der Waals surface area contributed by atoms with Gasteiger partial charge < -0.3 is 10.6 Å². The molecule has 0 saturated carbocycles. The van der Waals surface area contributed by atoms with Gasteiger partial charge in [-0.25, -0.2) is 9.50 Å². The van der Waals surface area contributed by atoms with Crippen molar-refractivity contribution in [2.24, 2.45) is 0 Å². The molecule has 0 unspecified atom stereocenters. The zero-order chi connectivity index (χ0) is 22.7. The molecule has 0 aliphatic heterocycles. The number of non-ortho nitro benzene ring substituents is 1. The summed E-state index contributed by atoms with van der Waals surface area (Å²) in [5, 5.41) is 22.4. The summed E-state index contributed by atoms with van der Waals surface area (Å²) in [6.45, 7) is 4.95. The maximum Gasteiger partial charge on any atom is 0.269 e. The zero-order valence-corrected chi connectivity index (χ0v) is 18.0. The molecule has 0 bridgehead atoms. The minimum absolute atomic E-state index is 0.0416. The lowest BCUT2D eigenvalue weighted by Crippen LogP contribution is -2.29. The number of nitro benzene ring substituents is 1. The van der Waals surface area contributed by atoms with Crippen molar-refractivity contribution in [1.29, 1.82) is 0 Å². The normalized spacial score (nSPS) is 11.1. The number of carbonyl (C=O) groups excluding carboxylic acids is 1. The first-order valence-corrected chi connectivity index (χ1v) is 10.4. The molecule has 0 spiro atoms. The number of amides is 1. The van der Waals surface area contributed by atoms with E-state index in [0.717, 1.165) is 39.2 Å². The van der Waals surface area contributed by atoms with Crippen LogP contribution in [0.3, 0.4) is 0 Å². The zero-order valence-electron chi connectivity index (χ0n) is 18.0. The first kappa shape index (κ1) is 21.2. The molecule has 0 saturated heterocycles. The highest BCUT2D eigenvalue weighted by molar-refractivity contribution is 5.92. The molecule has 2 aromatic heterocycles. The fourth-order valence-electron chi connectivity index (χ4n) is 3.78. The molecule has 1 amide bonds. The van der Waals surface area contributed by atoms with Gasteiger partial charge in [0.25, 0.3) is 5.69 Å². The number of hydrogen-bond donors (Lipinski definition) is 2. The number of rotatable bonds is 8. The smallest absolute Gasteiger partial charge is 0.269 e. The van der Waals surface area contributed by atoms with Crippen LogP contribution >= 0.6 is 0 Å². The SMILES string of the molecule is Cc1nc2c3ccccc3nn2c(C)c1CCC(=O)NCCNc1ccc([N+](=O)[O-])cc1. The summed E-state index contributed by atoms with van der Waals surface area (Å²) >= 11 is 0. The van der Waals surface area contributed by atoms with Crippen molar-refractivity contribution >= 4 is 33.8 Å². The Morgan fingerprint density at radius 2 is 1.84 bits per heavy atom. The van der Waals surface area contributed by atoms with E-state index in [0.29, 0.717) is 25.9 Å². The van der Waals surface area contributed by atoms with Gasteiger partial charge in [0.1, 0.15) is 0 Å².